The second-order valence-electron chi connectivity index (χ2n) is 6.37. The van der Waals surface area contributed by atoms with Crippen LogP contribution >= 0.6 is 0 Å². The third-order valence-electron chi connectivity index (χ3n) is 4.65. The predicted octanol–water partition coefficient (Wildman–Crippen LogP) is 2.61. The lowest BCUT2D eigenvalue weighted by Gasteiger charge is -2.30. The minimum Gasteiger partial charge on any atom is -0.493 e. The summed E-state index contributed by atoms with van der Waals surface area (Å²) in [5.41, 5.74) is 2.76. The smallest absolute Gasteiger partial charge is 0.122 e. The van der Waals surface area contributed by atoms with E-state index in [-0.39, 0.29) is 0 Å². The number of benzene rings is 1. The second kappa shape index (κ2) is 6.15. The minimum absolute atomic E-state index is 0.424. The van der Waals surface area contributed by atoms with Crippen LogP contribution < -0.4 is 10.1 Å². The molecular formula is C17H26N2O. The molecule has 2 unspecified atom stereocenters. The van der Waals surface area contributed by atoms with Crippen molar-refractivity contribution < 1.29 is 4.74 Å². The van der Waals surface area contributed by atoms with Gasteiger partial charge in [0, 0.05) is 19.0 Å². The van der Waals surface area contributed by atoms with E-state index in [0.717, 1.165) is 31.2 Å². The first-order valence-corrected chi connectivity index (χ1v) is 7.90. The first kappa shape index (κ1) is 13.9. The molecule has 2 aliphatic heterocycles. The number of piperidine rings is 1. The summed E-state index contributed by atoms with van der Waals surface area (Å²) in [5.74, 6) is 1.88. The maximum Gasteiger partial charge on any atom is 0.122 e. The lowest BCUT2D eigenvalue weighted by molar-refractivity contribution is 0.203. The van der Waals surface area contributed by atoms with Crippen LogP contribution in [0.15, 0.2) is 18.2 Å². The maximum absolute atomic E-state index is 5.57. The molecule has 2 aliphatic rings. The summed E-state index contributed by atoms with van der Waals surface area (Å²) in [7, 11) is 2.23. The number of rotatable bonds is 4. The third kappa shape index (κ3) is 3.15. The van der Waals surface area contributed by atoms with Gasteiger partial charge in [-0.25, -0.2) is 0 Å². The molecule has 0 aliphatic carbocycles. The zero-order valence-electron chi connectivity index (χ0n) is 12.7. The summed E-state index contributed by atoms with van der Waals surface area (Å²) in [5, 5.41) is 3.71. The minimum atomic E-state index is 0.424. The number of nitrogens with one attached hydrogen (secondary N) is 1. The van der Waals surface area contributed by atoms with Crippen molar-refractivity contribution in [2.24, 2.45) is 5.92 Å². The molecule has 0 bridgehead atoms. The van der Waals surface area contributed by atoms with E-state index in [1.165, 1.54) is 37.1 Å². The van der Waals surface area contributed by atoms with Crippen LogP contribution in [-0.2, 0) is 6.42 Å². The van der Waals surface area contributed by atoms with Gasteiger partial charge in [-0.1, -0.05) is 12.1 Å². The Morgan fingerprint density at radius 1 is 1.45 bits per heavy atom. The van der Waals surface area contributed by atoms with Gasteiger partial charge in [0.25, 0.3) is 0 Å². The highest BCUT2D eigenvalue weighted by Gasteiger charge is 2.19. The third-order valence-corrected chi connectivity index (χ3v) is 4.65. The van der Waals surface area contributed by atoms with E-state index in [2.05, 4.69) is 42.4 Å². The van der Waals surface area contributed by atoms with Gasteiger partial charge in [-0.2, -0.15) is 0 Å². The zero-order valence-corrected chi connectivity index (χ0v) is 12.7. The molecule has 0 saturated carbocycles. The summed E-state index contributed by atoms with van der Waals surface area (Å²) < 4.78 is 5.57. The lowest BCUT2D eigenvalue weighted by atomic mass is 9.97. The normalized spacial score (nSPS) is 24.2. The molecular weight excluding hydrogens is 248 g/mol. The van der Waals surface area contributed by atoms with E-state index in [9.17, 15) is 0 Å². The SMILES string of the molecule is CC(NCC1CCCN(C)C1)c1ccc2c(c1)CCO2. The summed E-state index contributed by atoms with van der Waals surface area (Å²) in [6.07, 6.45) is 3.76. The van der Waals surface area contributed by atoms with Gasteiger partial charge in [-0.3, -0.25) is 0 Å². The molecule has 2 heterocycles. The highest BCUT2D eigenvalue weighted by Crippen LogP contribution is 2.28. The largest absolute Gasteiger partial charge is 0.493 e. The number of hydrogen-bond donors (Lipinski definition) is 1. The van der Waals surface area contributed by atoms with E-state index in [1.807, 2.05) is 0 Å². The first-order chi connectivity index (χ1) is 9.72. The van der Waals surface area contributed by atoms with Crippen molar-refractivity contribution in [3.05, 3.63) is 29.3 Å². The van der Waals surface area contributed by atoms with Crippen LogP contribution in [0.25, 0.3) is 0 Å². The molecule has 110 valence electrons. The van der Waals surface area contributed by atoms with Crippen LogP contribution in [-0.4, -0.2) is 38.2 Å². The lowest BCUT2D eigenvalue weighted by Crippen LogP contribution is -2.37. The number of likely N-dealkylation sites (tertiary alicyclic amines) is 1. The molecule has 1 aromatic carbocycles. The summed E-state index contributed by atoms with van der Waals surface area (Å²) in [4.78, 5) is 2.45. The van der Waals surface area contributed by atoms with Crippen LogP contribution in [0.2, 0.25) is 0 Å². The van der Waals surface area contributed by atoms with Crippen molar-refractivity contribution in [3.8, 4) is 5.75 Å². The quantitative estimate of drug-likeness (QED) is 0.913. The highest BCUT2D eigenvalue weighted by molar-refractivity contribution is 5.40. The number of ether oxygens (including phenoxy) is 1. The number of fused-ring (bicyclic) bond motifs is 1. The van der Waals surface area contributed by atoms with Crippen LogP contribution in [0, 0.1) is 5.92 Å². The van der Waals surface area contributed by atoms with E-state index in [4.69, 9.17) is 4.74 Å². The van der Waals surface area contributed by atoms with Crippen molar-refractivity contribution in [1.29, 1.82) is 0 Å². The van der Waals surface area contributed by atoms with E-state index in [1.54, 1.807) is 0 Å². The van der Waals surface area contributed by atoms with Gasteiger partial charge < -0.3 is 15.0 Å². The van der Waals surface area contributed by atoms with E-state index < -0.39 is 0 Å². The standard InChI is InChI=1S/C17H26N2O/c1-13(18-11-14-4-3-8-19(2)12-14)15-5-6-17-16(10-15)7-9-20-17/h5-6,10,13-14,18H,3-4,7-9,11-12H2,1-2H3. The van der Waals surface area contributed by atoms with Crippen LogP contribution in [0.1, 0.15) is 36.9 Å². The average Bonchev–Trinajstić information content (AvgIpc) is 2.92. The van der Waals surface area contributed by atoms with Crippen LogP contribution in [0.3, 0.4) is 0 Å². The van der Waals surface area contributed by atoms with Gasteiger partial charge in [0.15, 0.2) is 0 Å². The second-order valence-corrected chi connectivity index (χ2v) is 6.37. The Bertz CT molecular complexity index is 460. The monoisotopic (exact) mass is 274 g/mol. The van der Waals surface area contributed by atoms with Crippen LogP contribution in [0.5, 0.6) is 5.75 Å². The molecule has 3 rings (SSSR count). The van der Waals surface area contributed by atoms with Crippen molar-refractivity contribution in [3.63, 3.8) is 0 Å². The molecule has 2 atom stereocenters. The maximum atomic E-state index is 5.57. The number of hydrogen-bond acceptors (Lipinski definition) is 3. The fraction of sp³-hybridized carbons (Fsp3) is 0.647. The molecule has 0 spiro atoms. The molecule has 20 heavy (non-hydrogen) atoms. The fourth-order valence-electron chi connectivity index (χ4n) is 3.38. The molecule has 3 nitrogen and oxygen atoms in total. The Hall–Kier alpha value is -1.06. The first-order valence-electron chi connectivity index (χ1n) is 7.90. The zero-order chi connectivity index (χ0) is 13.9. The highest BCUT2D eigenvalue weighted by atomic mass is 16.5. The predicted molar refractivity (Wildman–Crippen MR) is 82.3 cm³/mol. The van der Waals surface area contributed by atoms with Crippen molar-refractivity contribution >= 4 is 0 Å². The molecule has 1 N–H and O–H groups in total. The molecule has 1 fully saturated rings. The fourth-order valence-corrected chi connectivity index (χ4v) is 3.38. The molecule has 0 aromatic heterocycles. The Kier molecular flexibility index (Phi) is 4.27. The van der Waals surface area contributed by atoms with Gasteiger partial charge >= 0.3 is 0 Å². The van der Waals surface area contributed by atoms with Gasteiger partial charge in [0.05, 0.1) is 6.61 Å². The van der Waals surface area contributed by atoms with E-state index in [0.29, 0.717) is 6.04 Å². The summed E-state index contributed by atoms with van der Waals surface area (Å²) >= 11 is 0. The Balaban J connectivity index is 1.55. The molecule has 0 radical (unpaired) electrons. The molecule has 1 saturated heterocycles. The number of nitrogens with zero attached hydrogens (tertiary/aromatic N) is 1. The van der Waals surface area contributed by atoms with E-state index >= 15 is 0 Å². The van der Waals surface area contributed by atoms with Crippen molar-refractivity contribution in [2.45, 2.75) is 32.2 Å². The Labute approximate surface area is 122 Å². The van der Waals surface area contributed by atoms with Crippen molar-refractivity contribution in [1.82, 2.24) is 10.2 Å². The van der Waals surface area contributed by atoms with Gasteiger partial charge in [0.1, 0.15) is 5.75 Å². The molecule has 1 aromatic rings. The van der Waals surface area contributed by atoms with Crippen LogP contribution in [0.4, 0.5) is 0 Å². The Morgan fingerprint density at radius 2 is 2.35 bits per heavy atom. The average molecular weight is 274 g/mol. The molecule has 3 heteroatoms. The van der Waals surface area contributed by atoms with Gasteiger partial charge in [-0.15, -0.1) is 0 Å². The van der Waals surface area contributed by atoms with Gasteiger partial charge in [0.2, 0.25) is 0 Å². The van der Waals surface area contributed by atoms with Gasteiger partial charge in [-0.05, 0) is 63.0 Å². The topological polar surface area (TPSA) is 24.5 Å². The molecule has 0 amide bonds. The Morgan fingerprint density at radius 3 is 3.20 bits per heavy atom. The van der Waals surface area contributed by atoms with Crippen molar-refractivity contribution in [2.75, 3.05) is 33.3 Å². The summed E-state index contributed by atoms with van der Waals surface area (Å²) in [6, 6.07) is 7.07. The summed E-state index contributed by atoms with van der Waals surface area (Å²) in [6.45, 7) is 6.73.